The number of benzene rings is 1. The summed E-state index contributed by atoms with van der Waals surface area (Å²) < 4.78 is 5.03. The number of rotatable bonds is 8. The minimum atomic E-state index is -1.12. The molecule has 0 fully saturated rings. The summed E-state index contributed by atoms with van der Waals surface area (Å²) in [4.78, 5) is 24.4. The third-order valence-electron chi connectivity index (χ3n) is 3.38. The number of hydrogen-bond donors (Lipinski definition) is 0. The molecule has 0 aliphatic heterocycles. The van der Waals surface area contributed by atoms with Crippen molar-refractivity contribution in [2.24, 2.45) is 5.41 Å². The molecular weight excluding hydrogens is 252 g/mol. The van der Waals surface area contributed by atoms with Crippen molar-refractivity contribution >= 4 is 11.8 Å². The van der Waals surface area contributed by atoms with Crippen LogP contribution >= 0.6 is 0 Å². The first kappa shape index (κ1) is 16.2. The Morgan fingerprint density at radius 3 is 2.50 bits per heavy atom. The standard InChI is InChI=1S/C17H22O3/c1-4-13-17(3,16(19)20-5-2)15(18)12-11-14-9-7-6-8-10-14/h4,6-10H,1,5,11-13H2,2-3H3. The molecule has 3 heteroatoms. The number of ketones is 1. The summed E-state index contributed by atoms with van der Waals surface area (Å²) in [6, 6.07) is 9.76. The highest BCUT2D eigenvalue weighted by atomic mass is 16.5. The van der Waals surface area contributed by atoms with E-state index in [-0.39, 0.29) is 12.4 Å². The second-order valence-corrected chi connectivity index (χ2v) is 4.95. The van der Waals surface area contributed by atoms with Crippen LogP contribution in [0.3, 0.4) is 0 Å². The first-order valence-corrected chi connectivity index (χ1v) is 6.90. The van der Waals surface area contributed by atoms with Gasteiger partial charge in [0.2, 0.25) is 0 Å². The summed E-state index contributed by atoms with van der Waals surface area (Å²) in [5.74, 6) is -0.558. The maximum absolute atomic E-state index is 12.4. The maximum atomic E-state index is 12.4. The number of Topliss-reactive ketones (excluding diaryl/α,β-unsaturated/α-hetero) is 1. The number of carbonyl (C=O) groups is 2. The van der Waals surface area contributed by atoms with Crippen molar-refractivity contribution in [2.75, 3.05) is 6.61 Å². The van der Waals surface area contributed by atoms with E-state index in [1.54, 1.807) is 19.9 Å². The van der Waals surface area contributed by atoms with Crippen molar-refractivity contribution < 1.29 is 14.3 Å². The van der Waals surface area contributed by atoms with Crippen molar-refractivity contribution in [1.29, 1.82) is 0 Å². The number of carbonyl (C=O) groups excluding carboxylic acids is 2. The van der Waals surface area contributed by atoms with E-state index >= 15 is 0 Å². The van der Waals surface area contributed by atoms with E-state index in [9.17, 15) is 9.59 Å². The zero-order valence-electron chi connectivity index (χ0n) is 12.2. The van der Waals surface area contributed by atoms with E-state index in [0.29, 0.717) is 19.3 Å². The summed E-state index contributed by atoms with van der Waals surface area (Å²) in [5.41, 5.74) is -0.0299. The van der Waals surface area contributed by atoms with Crippen LogP contribution in [0.1, 0.15) is 32.3 Å². The lowest BCUT2D eigenvalue weighted by atomic mass is 9.80. The first-order valence-electron chi connectivity index (χ1n) is 6.90. The molecule has 0 aliphatic rings. The van der Waals surface area contributed by atoms with Gasteiger partial charge in [0.15, 0.2) is 5.78 Å². The average molecular weight is 274 g/mol. The van der Waals surface area contributed by atoms with Gasteiger partial charge in [-0.15, -0.1) is 6.58 Å². The summed E-state index contributed by atoms with van der Waals surface area (Å²) >= 11 is 0. The van der Waals surface area contributed by atoms with Crippen molar-refractivity contribution in [3.63, 3.8) is 0 Å². The molecule has 0 N–H and O–H groups in total. The summed E-state index contributed by atoms with van der Waals surface area (Å²) in [7, 11) is 0. The Morgan fingerprint density at radius 2 is 1.95 bits per heavy atom. The molecule has 1 atom stereocenters. The molecule has 1 aromatic carbocycles. The van der Waals surface area contributed by atoms with Gasteiger partial charge >= 0.3 is 5.97 Å². The fourth-order valence-electron chi connectivity index (χ4n) is 2.07. The van der Waals surface area contributed by atoms with Gasteiger partial charge in [0.1, 0.15) is 5.41 Å². The zero-order valence-corrected chi connectivity index (χ0v) is 12.2. The second kappa shape index (κ2) is 7.63. The van der Waals surface area contributed by atoms with Gasteiger partial charge in [-0.1, -0.05) is 36.4 Å². The molecule has 0 bridgehead atoms. The number of ether oxygens (including phenoxy) is 1. The normalized spacial score (nSPS) is 13.3. The fourth-order valence-corrected chi connectivity index (χ4v) is 2.07. The molecule has 1 unspecified atom stereocenters. The first-order chi connectivity index (χ1) is 9.54. The van der Waals surface area contributed by atoms with E-state index in [1.807, 2.05) is 30.3 Å². The van der Waals surface area contributed by atoms with Crippen LogP contribution < -0.4 is 0 Å². The molecule has 3 nitrogen and oxygen atoms in total. The highest BCUT2D eigenvalue weighted by molar-refractivity contribution is 6.03. The van der Waals surface area contributed by atoms with Crippen LogP contribution in [0.25, 0.3) is 0 Å². The highest BCUT2D eigenvalue weighted by Crippen LogP contribution is 2.27. The SMILES string of the molecule is C=CCC(C)(C(=O)CCc1ccccc1)C(=O)OCC. The molecule has 0 radical (unpaired) electrons. The van der Waals surface area contributed by atoms with Gasteiger partial charge in [-0.05, 0) is 32.3 Å². The Labute approximate surface area is 120 Å². The van der Waals surface area contributed by atoms with Gasteiger partial charge in [0, 0.05) is 6.42 Å². The quantitative estimate of drug-likeness (QED) is 0.415. The van der Waals surface area contributed by atoms with Gasteiger partial charge in [-0.25, -0.2) is 0 Å². The molecule has 0 saturated carbocycles. The molecule has 1 aromatic rings. The summed E-state index contributed by atoms with van der Waals surface area (Å²) in [5, 5.41) is 0. The third-order valence-corrected chi connectivity index (χ3v) is 3.38. The number of allylic oxidation sites excluding steroid dienone is 1. The maximum Gasteiger partial charge on any atom is 0.319 e. The molecule has 0 saturated heterocycles. The Bertz CT molecular complexity index is 464. The van der Waals surface area contributed by atoms with Gasteiger partial charge < -0.3 is 4.74 Å². The largest absolute Gasteiger partial charge is 0.465 e. The van der Waals surface area contributed by atoms with Gasteiger partial charge in [0.25, 0.3) is 0 Å². The van der Waals surface area contributed by atoms with E-state index < -0.39 is 11.4 Å². The predicted molar refractivity (Wildman–Crippen MR) is 79.3 cm³/mol. The van der Waals surface area contributed by atoms with Crippen molar-refractivity contribution in [1.82, 2.24) is 0 Å². The molecule has 0 spiro atoms. The lowest BCUT2D eigenvalue weighted by molar-refractivity contribution is -0.158. The van der Waals surface area contributed by atoms with Gasteiger partial charge in [-0.3, -0.25) is 9.59 Å². The molecule has 0 aliphatic carbocycles. The van der Waals surface area contributed by atoms with Gasteiger partial charge in [-0.2, -0.15) is 0 Å². The summed E-state index contributed by atoms with van der Waals surface area (Å²) in [6.45, 7) is 7.28. The third kappa shape index (κ3) is 4.05. The molecule has 0 amide bonds. The number of esters is 1. The predicted octanol–water partition coefficient (Wildman–Crippen LogP) is 3.33. The Kier molecular flexibility index (Phi) is 6.16. The topological polar surface area (TPSA) is 43.4 Å². The van der Waals surface area contributed by atoms with E-state index in [0.717, 1.165) is 5.56 Å². The van der Waals surface area contributed by atoms with Crippen LogP contribution in [0.4, 0.5) is 0 Å². The van der Waals surface area contributed by atoms with Crippen molar-refractivity contribution in [2.45, 2.75) is 33.1 Å². The average Bonchev–Trinajstić information content (AvgIpc) is 2.46. The zero-order chi connectivity index (χ0) is 15.0. The van der Waals surface area contributed by atoms with Crippen LogP contribution in [-0.2, 0) is 20.7 Å². The molecule has 1 rings (SSSR count). The van der Waals surface area contributed by atoms with Crippen molar-refractivity contribution in [3.05, 3.63) is 48.6 Å². The Morgan fingerprint density at radius 1 is 1.30 bits per heavy atom. The van der Waals surface area contributed by atoms with Gasteiger partial charge in [0.05, 0.1) is 6.61 Å². The summed E-state index contributed by atoms with van der Waals surface area (Å²) in [6.07, 6.45) is 2.86. The number of aryl methyl sites for hydroxylation is 1. The fraction of sp³-hybridized carbons (Fsp3) is 0.412. The second-order valence-electron chi connectivity index (χ2n) is 4.95. The molecule has 108 valence electrons. The highest BCUT2D eigenvalue weighted by Gasteiger charge is 2.40. The Balaban J connectivity index is 2.73. The minimum Gasteiger partial charge on any atom is -0.465 e. The van der Waals surface area contributed by atoms with Crippen LogP contribution in [0, 0.1) is 5.41 Å². The molecule has 20 heavy (non-hydrogen) atoms. The van der Waals surface area contributed by atoms with E-state index in [1.165, 1.54) is 0 Å². The Hall–Kier alpha value is -1.90. The van der Waals surface area contributed by atoms with Crippen LogP contribution in [0.15, 0.2) is 43.0 Å². The molecular formula is C17H22O3. The van der Waals surface area contributed by atoms with E-state index in [2.05, 4.69) is 6.58 Å². The van der Waals surface area contributed by atoms with Crippen molar-refractivity contribution in [3.8, 4) is 0 Å². The van der Waals surface area contributed by atoms with Crippen LogP contribution in [-0.4, -0.2) is 18.4 Å². The van der Waals surface area contributed by atoms with E-state index in [4.69, 9.17) is 4.74 Å². The minimum absolute atomic E-state index is 0.0975. The smallest absolute Gasteiger partial charge is 0.319 e. The number of hydrogen-bond acceptors (Lipinski definition) is 3. The molecule has 0 aromatic heterocycles. The van der Waals surface area contributed by atoms with Crippen LogP contribution in [0.5, 0.6) is 0 Å². The van der Waals surface area contributed by atoms with Crippen LogP contribution in [0.2, 0.25) is 0 Å². The molecule has 0 heterocycles. The lowest BCUT2D eigenvalue weighted by Gasteiger charge is -2.24. The monoisotopic (exact) mass is 274 g/mol. The lowest BCUT2D eigenvalue weighted by Crippen LogP contribution is -2.38.